The molecule has 2 N–H and O–H groups in total. The molecule has 3 heterocycles. The molecule has 0 aromatic carbocycles. The molecular formula is C9H13ClO5. The molecule has 3 aliphatic heterocycles. The number of aliphatic hydroxyl groups excluding tert-OH is 2. The molecule has 3 rings (SSSR count). The van der Waals surface area contributed by atoms with Gasteiger partial charge in [-0.2, -0.15) is 0 Å². The Labute approximate surface area is 91.9 Å². The molecule has 0 aromatic rings. The summed E-state index contributed by atoms with van der Waals surface area (Å²) in [5.41, 5.74) is 0. The summed E-state index contributed by atoms with van der Waals surface area (Å²) in [4.78, 5) is 0. The monoisotopic (exact) mass is 236 g/mol. The highest BCUT2D eigenvalue weighted by molar-refractivity contribution is 6.24. The van der Waals surface area contributed by atoms with E-state index in [-0.39, 0.29) is 0 Å². The van der Waals surface area contributed by atoms with Gasteiger partial charge in [0.25, 0.3) is 0 Å². The lowest BCUT2D eigenvalue weighted by atomic mass is 9.89. The highest BCUT2D eigenvalue weighted by atomic mass is 35.5. The summed E-state index contributed by atoms with van der Waals surface area (Å²) < 4.78 is 16.5. The highest BCUT2D eigenvalue weighted by Gasteiger charge is 2.73. The van der Waals surface area contributed by atoms with E-state index in [1.54, 1.807) is 13.8 Å². The predicted molar refractivity (Wildman–Crippen MR) is 49.3 cm³/mol. The van der Waals surface area contributed by atoms with Gasteiger partial charge in [0, 0.05) is 0 Å². The SMILES string of the molecule is CC1(C)O[C@H]2[C@@H]3O[C@@](Cl)([C@@H](O)[C@H]3O)[C@H]2O1. The Hall–Kier alpha value is 0.0900. The first-order chi connectivity index (χ1) is 6.85. The van der Waals surface area contributed by atoms with Gasteiger partial charge in [-0.25, -0.2) is 0 Å². The Morgan fingerprint density at radius 1 is 1.07 bits per heavy atom. The minimum atomic E-state index is -1.37. The number of halogens is 1. The second-order valence-electron chi connectivity index (χ2n) is 4.74. The normalized spacial score (nSPS) is 61.0. The quantitative estimate of drug-likeness (QED) is 0.559. The minimum Gasteiger partial charge on any atom is -0.387 e. The number of ether oxygens (including phenoxy) is 3. The Morgan fingerprint density at radius 2 is 1.73 bits per heavy atom. The zero-order valence-electron chi connectivity index (χ0n) is 8.38. The van der Waals surface area contributed by atoms with Gasteiger partial charge in [0.15, 0.2) is 10.8 Å². The molecule has 0 amide bonds. The molecule has 86 valence electrons. The van der Waals surface area contributed by atoms with Crippen molar-refractivity contribution in [1.29, 1.82) is 0 Å². The Bertz CT molecular complexity index is 309. The van der Waals surface area contributed by atoms with Crippen LogP contribution in [0, 0.1) is 0 Å². The van der Waals surface area contributed by atoms with Crippen molar-refractivity contribution in [1.82, 2.24) is 0 Å². The maximum Gasteiger partial charge on any atom is 0.199 e. The third kappa shape index (κ3) is 1.11. The van der Waals surface area contributed by atoms with Crippen molar-refractivity contribution in [3.05, 3.63) is 0 Å². The van der Waals surface area contributed by atoms with Crippen molar-refractivity contribution in [3.8, 4) is 0 Å². The molecular weight excluding hydrogens is 224 g/mol. The van der Waals surface area contributed by atoms with Crippen molar-refractivity contribution in [2.45, 2.75) is 55.2 Å². The van der Waals surface area contributed by atoms with Crippen LogP contribution in [-0.4, -0.2) is 51.6 Å². The molecule has 6 atom stereocenters. The summed E-state index contributed by atoms with van der Waals surface area (Å²) in [7, 11) is 0. The third-order valence-electron chi connectivity index (χ3n) is 3.22. The Morgan fingerprint density at radius 3 is 2.40 bits per heavy atom. The molecule has 0 aromatic heterocycles. The smallest absolute Gasteiger partial charge is 0.199 e. The van der Waals surface area contributed by atoms with E-state index in [1.165, 1.54) is 0 Å². The van der Waals surface area contributed by atoms with Crippen LogP contribution in [-0.2, 0) is 14.2 Å². The van der Waals surface area contributed by atoms with Gasteiger partial charge in [-0.05, 0) is 13.8 Å². The lowest BCUT2D eigenvalue weighted by Crippen LogP contribution is -2.55. The number of rotatable bonds is 0. The summed E-state index contributed by atoms with van der Waals surface area (Å²) in [5.74, 6) is -0.749. The van der Waals surface area contributed by atoms with Crippen molar-refractivity contribution in [3.63, 3.8) is 0 Å². The second kappa shape index (κ2) is 2.67. The third-order valence-corrected chi connectivity index (χ3v) is 3.75. The van der Waals surface area contributed by atoms with Crippen LogP contribution in [0.3, 0.4) is 0 Å². The highest BCUT2D eigenvalue weighted by Crippen LogP contribution is 2.54. The van der Waals surface area contributed by atoms with E-state index >= 15 is 0 Å². The number of aliphatic hydroxyl groups is 2. The molecule has 3 aliphatic rings. The van der Waals surface area contributed by atoms with Gasteiger partial charge < -0.3 is 24.4 Å². The summed E-state index contributed by atoms with van der Waals surface area (Å²) in [5, 5.41) is 18.0. The first-order valence-electron chi connectivity index (χ1n) is 4.94. The molecule has 0 radical (unpaired) electrons. The van der Waals surface area contributed by atoms with Crippen LogP contribution in [0.15, 0.2) is 0 Å². The van der Waals surface area contributed by atoms with Crippen molar-refractivity contribution < 1.29 is 24.4 Å². The molecule has 5 nitrogen and oxygen atoms in total. The van der Waals surface area contributed by atoms with Crippen molar-refractivity contribution in [2.75, 3.05) is 0 Å². The molecule has 0 saturated carbocycles. The minimum absolute atomic E-state index is 0.407. The largest absolute Gasteiger partial charge is 0.387 e. The summed E-state index contributed by atoms with van der Waals surface area (Å²) in [6, 6.07) is 0. The molecule has 15 heavy (non-hydrogen) atoms. The van der Waals surface area contributed by atoms with Gasteiger partial charge in [-0.1, -0.05) is 11.6 Å². The average Bonchev–Trinajstić information content (AvgIpc) is 2.64. The summed E-state index contributed by atoms with van der Waals surface area (Å²) in [6.45, 7) is 3.54. The fourth-order valence-corrected chi connectivity index (χ4v) is 2.99. The van der Waals surface area contributed by atoms with Gasteiger partial charge in [-0.3, -0.25) is 0 Å². The Balaban J connectivity index is 1.97. The van der Waals surface area contributed by atoms with E-state index in [2.05, 4.69) is 0 Å². The fourth-order valence-electron chi connectivity index (χ4n) is 2.59. The zero-order valence-corrected chi connectivity index (χ0v) is 9.14. The van der Waals surface area contributed by atoms with E-state index in [9.17, 15) is 10.2 Å². The molecule has 2 bridgehead atoms. The number of fused-ring (bicyclic) bond motifs is 5. The van der Waals surface area contributed by atoms with E-state index in [4.69, 9.17) is 25.8 Å². The summed E-state index contributed by atoms with van der Waals surface area (Å²) in [6.07, 6.45) is -3.69. The molecule has 3 fully saturated rings. The maximum atomic E-state index is 9.72. The molecule has 0 spiro atoms. The second-order valence-corrected chi connectivity index (χ2v) is 5.33. The predicted octanol–water partition coefficient (Wildman–Crippen LogP) is -0.424. The van der Waals surface area contributed by atoms with Crippen LogP contribution in [0.4, 0.5) is 0 Å². The maximum absolute atomic E-state index is 9.72. The van der Waals surface area contributed by atoms with Crippen LogP contribution >= 0.6 is 11.6 Å². The van der Waals surface area contributed by atoms with Gasteiger partial charge in [0.05, 0.1) is 0 Å². The van der Waals surface area contributed by atoms with E-state index < -0.39 is 41.4 Å². The standard InChI is InChI=1S/C9H13ClO5/c1-8(2)13-5-4-3(11)6(12)9(10,14-4)7(5)15-8/h3-7,11-12H,1-2H3/t3-,4+,5-,6-,7-,9-/m0/s1. The fraction of sp³-hybridized carbons (Fsp3) is 1.00. The average molecular weight is 237 g/mol. The van der Waals surface area contributed by atoms with Crippen molar-refractivity contribution >= 4 is 11.6 Å². The molecule has 3 saturated heterocycles. The zero-order chi connectivity index (χ0) is 11.0. The lowest BCUT2D eigenvalue weighted by Gasteiger charge is -2.31. The van der Waals surface area contributed by atoms with E-state index in [0.29, 0.717) is 0 Å². The van der Waals surface area contributed by atoms with Crippen molar-refractivity contribution in [2.24, 2.45) is 0 Å². The van der Waals surface area contributed by atoms with Crippen LogP contribution in [0.5, 0.6) is 0 Å². The molecule has 0 aliphatic carbocycles. The first-order valence-corrected chi connectivity index (χ1v) is 5.31. The number of hydrogen-bond donors (Lipinski definition) is 2. The topological polar surface area (TPSA) is 68.2 Å². The van der Waals surface area contributed by atoms with E-state index in [1.807, 2.05) is 0 Å². The molecule has 6 heteroatoms. The number of hydrogen-bond acceptors (Lipinski definition) is 5. The number of alkyl halides is 1. The van der Waals surface area contributed by atoms with Crippen LogP contribution in [0.2, 0.25) is 0 Å². The summed E-state index contributed by atoms with van der Waals surface area (Å²) >= 11 is 6.13. The van der Waals surface area contributed by atoms with Crippen LogP contribution in [0.25, 0.3) is 0 Å². The lowest BCUT2D eigenvalue weighted by molar-refractivity contribution is -0.187. The van der Waals surface area contributed by atoms with Gasteiger partial charge in [0.2, 0.25) is 0 Å². The van der Waals surface area contributed by atoms with E-state index in [0.717, 1.165) is 0 Å². The molecule has 0 unspecified atom stereocenters. The Kier molecular flexibility index (Phi) is 1.82. The van der Waals surface area contributed by atoms with Crippen LogP contribution in [0.1, 0.15) is 13.8 Å². The van der Waals surface area contributed by atoms with Gasteiger partial charge in [0.1, 0.15) is 30.5 Å². The van der Waals surface area contributed by atoms with Gasteiger partial charge >= 0.3 is 0 Å². The van der Waals surface area contributed by atoms with Crippen LogP contribution < -0.4 is 0 Å². The first kappa shape index (κ1) is 10.3. The van der Waals surface area contributed by atoms with Gasteiger partial charge in [-0.15, -0.1) is 0 Å².